The summed E-state index contributed by atoms with van der Waals surface area (Å²) in [6, 6.07) is 0. The summed E-state index contributed by atoms with van der Waals surface area (Å²) in [7, 11) is 0. The Hall–Kier alpha value is -0.750. The molecule has 1 aromatic rings. The maximum atomic E-state index is 5.86. The fourth-order valence-electron chi connectivity index (χ4n) is 1.35. The van der Waals surface area contributed by atoms with Crippen molar-refractivity contribution >= 4 is 35.3 Å². The van der Waals surface area contributed by atoms with Crippen LogP contribution in [-0.4, -0.2) is 40.1 Å². The molecule has 1 aromatic heterocycles. The summed E-state index contributed by atoms with van der Waals surface area (Å²) >= 11 is 7.69. The number of thioether (sulfide) groups is 1. The van der Waals surface area contributed by atoms with E-state index < -0.39 is 0 Å². The normalized spacial score (nSPS) is 12.2. The van der Waals surface area contributed by atoms with Crippen molar-refractivity contribution in [2.45, 2.75) is 20.3 Å². The number of halogens is 1. The van der Waals surface area contributed by atoms with Gasteiger partial charge in [0.25, 0.3) is 0 Å². The first-order valence-electron chi connectivity index (χ1n) is 6.04. The molecule has 0 aromatic carbocycles. The minimum Gasteiger partial charge on any atom is -0.354 e. The maximum Gasteiger partial charge on any atom is 0.228 e. The van der Waals surface area contributed by atoms with Gasteiger partial charge in [-0.2, -0.15) is 26.7 Å². The molecule has 0 aliphatic carbocycles. The minimum atomic E-state index is 0.212. The van der Waals surface area contributed by atoms with Crippen LogP contribution < -0.4 is 10.6 Å². The maximum absolute atomic E-state index is 5.86. The van der Waals surface area contributed by atoms with Crippen LogP contribution in [0.1, 0.15) is 20.3 Å². The summed E-state index contributed by atoms with van der Waals surface area (Å²) in [6.45, 7) is 5.92. The van der Waals surface area contributed by atoms with Crippen LogP contribution in [0.25, 0.3) is 0 Å². The minimum absolute atomic E-state index is 0.212. The van der Waals surface area contributed by atoms with Gasteiger partial charge >= 0.3 is 0 Å². The summed E-state index contributed by atoms with van der Waals surface area (Å²) in [6.07, 6.45) is 3.11. The molecule has 7 heteroatoms. The highest BCUT2D eigenvalue weighted by atomic mass is 35.5. The van der Waals surface area contributed by atoms with Gasteiger partial charge in [-0.1, -0.05) is 13.8 Å². The fraction of sp³-hybridized carbons (Fsp3) is 0.727. The molecule has 0 spiro atoms. The Morgan fingerprint density at radius 2 is 1.89 bits per heavy atom. The summed E-state index contributed by atoms with van der Waals surface area (Å²) < 4.78 is 0. The smallest absolute Gasteiger partial charge is 0.228 e. The summed E-state index contributed by atoms with van der Waals surface area (Å²) in [5, 5.41) is 6.50. The topological polar surface area (TPSA) is 62.7 Å². The number of nitrogens with one attached hydrogen (secondary N) is 2. The number of anilines is 2. The molecule has 0 aliphatic heterocycles. The van der Waals surface area contributed by atoms with Crippen LogP contribution in [0.15, 0.2) is 0 Å². The van der Waals surface area contributed by atoms with Gasteiger partial charge in [0, 0.05) is 13.1 Å². The fourth-order valence-corrected chi connectivity index (χ4v) is 2.20. The van der Waals surface area contributed by atoms with Gasteiger partial charge in [-0.15, -0.1) is 0 Å². The molecule has 0 radical (unpaired) electrons. The third-order valence-electron chi connectivity index (χ3n) is 2.20. The molecule has 0 aliphatic rings. The Morgan fingerprint density at radius 3 is 2.50 bits per heavy atom. The lowest BCUT2D eigenvalue weighted by Gasteiger charge is -2.11. The highest BCUT2D eigenvalue weighted by Crippen LogP contribution is 2.11. The van der Waals surface area contributed by atoms with Crippen molar-refractivity contribution in [1.29, 1.82) is 0 Å². The lowest BCUT2D eigenvalue weighted by Crippen LogP contribution is -2.16. The van der Waals surface area contributed by atoms with Crippen LogP contribution in [0.5, 0.6) is 0 Å². The van der Waals surface area contributed by atoms with E-state index in [9.17, 15) is 0 Å². The first-order valence-corrected chi connectivity index (χ1v) is 7.81. The van der Waals surface area contributed by atoms with Crippen LogP contribution in [0.3, 0.4) is 0 Å². The highest BCUT2D eigenvalue weighted by molar-refractivity contribution is 7.98. The van der Waals surface area contributed by atoms with E-state index >= 15 is 0 Å². The van der Waals surface area contributed by atoms with Crippen LogP contribution >= 0.6 is 23.4 Å². The summed E-state index contributed by atoms with van der Waals surface area (Å²) in [5.41, 5.74) is 0. The molecule has 1 unspecified atom stereocenters. The summed E-state index contributed by atoms with van der Waals surface area (Å²) in [4.78, 5) is 12.3. The molecular formula is C11H20ClN5S. The van der Waals surface area contributed by atoms with Gasteiger partial charge in [-0.3, -0.25) is 0 Å². The standard InChI is InChI=1S/C11H20ClN5S/c1-4-5-13-10-15-9(12)16-11(17-10)14-6-8(2)7-18-3/h8H,4-7H2,1-3H3,(H2,13,14,15,16,17). The molecule has 18 heavy (non-hydrogen) atoms. The van der Waals surface area contributed by atoms with E-state index in [1.807, 2.05) is 11.8 Å². The Bertz CT molecular complexity index is 363. The molecule has 2 N–H and O–H groups in total. The lowest BCUT2D eigenvalue weighted by molar-refractivity contribution is 0.696. The van der Waals surface area contributed by atoms with E-state index in [-0.39, 0.29) is 5.28 Å². The van der Waals surface area contributed by atoms with Gasteiger partial charge in [0.2, 0.25) is 17.2 Å². The number of hydrogen-bond donors (Lipinski definition) is 2. The first-order chi connectivity index (χ1) is 8.65. The van der Waals surface area contributed by atoms with Gasteiger partial charge in [0.15, 0.2) is 0 Å². The second kappa shape index (κ2) is 8.37. The molecule has 1 heterocycles. The molecule has 0 saturated carbocycles. The number of hydrogen-bond acceptors (Lipinski definition) is 6. The largest absolute Gasteiger partial charge is 0.354 e. The van der Waals surface area contributed by atoms with Crippen molar-refractivity contribution in [1.82, 2.24) is 15.0 Å². The molecule has 1 rings (SSSR count). The van der Waals surface area contributed by atoms with Gasteiger partial charge in [-0.25, -0.2) is 0 Å². The van der Waals surface area contributed by atoms with Crippen molar-refractivity contribution in [2.75, 3.05) is 35.7 Å². The van der Waals surface area contributed by atoms with Gasteiger partial charge < -0.3 is 10.6 Å². The van der Waals surface area contributed by atoms with Crippen molar-refractivity contribution in [3.8, 4) is 0 Å². The lowest BCUT2D eigenvalue weighted by atomic mass is 10.2. The Labute approximate surface area is 118 Å². The molecular weight excluding hydrogens is 270 g/mol. The average molecular weight is 290 g/mol. The van der Waals surface area contributed by atoms with E-state index in [0.29, 0.717) is 17.8 Å². The Kier molecular flexibility index (Phi) is 7.12. The molecule has 0 bridgehead atoms. The van der Waals surface area contributed by atoms with Crippen molar-refractivity contribution < 1.29 is 0 Å². The van der Waals surface area contributed by atoms with E-state index in [1.165, 1.54) is 0 Å². The van der Waals surface area contributed by atoms with Crippen LogP contribution in [0, 0.1) is 5.92 Å². The van der Waals surface area contributed by atoms with E-state index in [0.717, 1.165) is 25.3 Å². The molecule has 1 atom stereocenters. The summed E-state index contributed by atoms with van der Waals surface area (Å²) in [5.74, 6) is 2.72. The predicted octanol–water partition coefficient (Wildman–Crippen LogP) is 2.76. The van der Waals surface area contributed by atoms with Crippen LogP contribution in [0.4, 0.5) is 11.9 Å². The second-order valence-electron chi connectivity index (χ2n) is 4.12. The molecule has 0 saturated heterocycles. The Morgan fingerprint density at radius 1 is 1.22 bits per heavy atom. The average Bonchev–Trinajstić information content (AvgIpc) is 2.34. The van der Waals surface area contributed by atoms with Crippen LogP contribution in [-0.2, 0) is 0 Å². The molecule has 0 fully saturated rings. The van der Waals surface area contributed by atoms with Crippen molar-refractivity contribution in [3.05, 3.63) is 5.28 Å². The van der Waals surface area contributed by atoms with Gasteiger partial charge in [-0.05, 0) is 35.9 Å². The third-order valence-corrected chi connectivity index (χ3v) is 3.27. The Balaban J connectivity index is 2.56. The zero-order chi connectivity index (χ0) is 13.4. The predicted molar refractivity (Wildman–Crippen MR) is 79.7 cm³/mol. The number of nitrogens with zero attached hydrogens (tertiary/aromatic N) is 3. The van der Waals surface area contributed by atoms with Gasteiger partial charge in [0.05, 0.1) is 0 Å². The van der Waals surface area contributed by atoms with Crippen LogP contribution in [0.2, 0.25) is 5.28 Å². The van der Waals surface area contributed by atoms with E-state index in [4.69, 9.17) is 11.6 Å². The van der Waals surface area contributed by atoms with E-state index in [1.54, 1.807) is 0 Å². The van der Waals surface area contributed by atoms with Gasteiger partial charge in [0.1, 0.15) is 0 Å². The van der Waals surface area contributed by atoms with E-state index in [2.05, 4.69) is 45.7 Å². The molecule has 102 valence electrons. The zero-order valence-electron chi connectivity index (χ0n) is 11.0. The van der Waals surface area contributed by atoms with Crippen molar-refractivity contribution in [3.63, 3.8) is 0 Å². The number of rotatable bonds is 8. The number of aromatic nitrogens is 3. The molecule has 0 amide bonds. The monoisotopic (exact) mass is 289 g/mol. The highest BCUT2D eigenvalue weighted by Gasteiger charge is 2.06. The third kappa shape index (κ3) is 5.73. The molecule has 5 nitrogen and oxygen atoms in total. The van der Waals surface area contributed by atoms with Crippen molar-refractivity contribution in [2.24, 2.45) is 5.92 Å². The zero-order valence-corrected chi connectivity index (χ0v) is 12.6. The quantitative estimate of drug-likeness (QED) is 0.767. The second-order valence-corrected chi connectivity index (χ2v) is 5.37. The SMILES string of the molecule is CCCNc1nc(Cl)nc(NCC(C)CSC)n1. The first kappa shape index (κ1) is 15.3.